The Morgan fingerprint density at radius 3 is 2.58 bits per heavy atom. The molecule has 1 aromatic carbocycles. The second-order valence-electron chi connectivity index (χ2n) is 9.05. The van der Waals surface area contributed by atoms with Gasteiger partial charge in [-0.05, 0) is 61.6 Å². The fourth-order valence-electron chi connectivity index (χ4n) is 4.48. The van der Waals surface area contributed by atoms with E-state index in [2.05, 4.69) is 31.0 Å². The van der Waals surface area contributed by atoms with Crippen LogP contribution in [0.15, 0.2) is 54.9 Å². The predicted octanol–water partition coefficient (Wildman–Crippen LogP) is 4.17. The summed E-state index contributed by atoms with van der Waals surface area (Å²) in [6, 6.07) is 16.2. The largest absolute Gasteiger partial charge is 0.309 e. The molecule has 0 unspecified atom stereocenters. The van der Waals surface area contributed by atoms with E-state index in [0.717, 1.165) is 46.9 Å². The molecule has 4 aromatic rings. The number of rotatable bonds is 5. The third-order valence-corrected chi connectivity index (χ3v) is 6.64. The van der Waals surface area contributed by atoms with E-state index in [9.17, 15) is 4.79 Å². The number of aromatic nitrogens is 6. The second kappa shape index (κ2) is 7.03. The lowest BCUT2D eigenvalue weighted by atomic mass is 10.0. The highest BCUT2D eigenvalue weighted by Crippen LogP contribution is 2.39. The maximum atomic E-state index is 13.3. The highest BCUT2D eigenvalue weighted by Gasteiger charge is 2.31. The highest BCUT2D eigenvalue weighted by atomic mass is 16.2. The van der Waals surface area contributed by atoms with Gasteiger partial charge in [-0.25, -0.2) is 4.98 Å². The van der Waals surface area contributed by atoms with Crippen LogP contribution in [0.2, 0.25) is 0 Å². The summed E-state index contributed by atoms with van der Waals surface area (Å²) in [7, 11) is 0. The minimum absolute atomic E-state index is 0.0530. The molecule has 3 aromatic heterocycles. The Bertz CT molecular complexity index is 1390. The lowest BCUT2D eigenvalue weighted by molar-refractivity contribution is 0.0996. The molecule has 8 heteroatoms. The van der Waals surface area contributed by atoms with Gasteiger partial charge in [-0.2, -0.15) is 10.2 Å². The SMILES string of the molecule is O=C1c2cc(-c3ccc(C4CC4)nn3)ccc2CN1c1cccc(-c2nncn2C2CC2)n1. The standard InChI is InChI=1S/C25H21N7O/c33-25-19-12-16(21-11-10-20(28-29-21)15-4-5-15)6-7-17(19)13-31(25)23-3-1-2-22(27-23)24-30-26-14-32(24)18-8-9-18/h1-3,6-7,10-12,14-15,18H,4-5,8-9,13H2. The molecule has 2 fully saturated rings. The minimum atomic E-state index is -0.0530. The van der Waals surface area contributed by atoms with Gasteiger partial charge in [0.2, 0.25) is 0 Å². The molecular weight excluding hydrogens is 414 g/mol. The van der Waals surface area contributed by atoms with Gasteiger partial charge >= 0.3 is 0 Å². The molecule has 1 aliphatic heterocycles. The molecule has 2 aliphatic carbocycles. The van der Waals surface area contributed by atoms with E-state index in [0.29, 0.717) is 29.9 Å². The van der Waals surface area contributed by atoms with Crippen molar-refractivity contribution in [3.8, 4) is 22.8 Å². The summed E-state index contributed by atoms with van der Waals surface area (Å²) in [6.07, 6.45) is 6.44. The number of pyridine rings is 1. The molecule has 0 bridgehead atoms. The number of hydrogen-bond donors (Lipinski definition) is 0. The number of anilines is 1. The predicted molar refractivity (Wildman–Crippen MR) is 121 cm³/mol. The molecule has 8 nitrogen and oxygen atoms in total. The molecule has 0 spiro atoms. The van der Waals surface area contributed by atoms with Gasteiger partial charge in [0.15, 0.2) is 5.82 Å². The highest BCUT2D eigenvalue weighted by molar-refractivity contribution is 6.10. The first-order valence-corrected chi connectivity index (χ1v) is 11.4. The van der Waals surface area contributed by atoms with E-state index in [1.165, 1.54) is 12.8 Å². The van der Waals surface area contributed by atoms with Crippen LogP contribution < -0.4 is 4.90 Å². The number of carbonyl (C=O) groups is 1. The van der Waals surface area contributed by atoms with Crippen LogP contribution in [-0.2, 0) is 6.54 Å². The summed E-state index contributed by atoms with van der Waals surface area (Å²) < 4.78 is 2.08. The number of hydrogen-bond acceptors (Lipinski definition) is 6. The molecule has 7 rings (SSSR count). The van der Waals surface area contributed by atoms with Crippen molar-refractivity contribution in [3.05, 3.63) is 71.7 Å². The lowest BCUT2D eigenvalue weighted by Gasteiger charge is -2.15. The zero-order valence-electron chi connectivity index (χ0n) is 17.9. The first-order valence-electron chi connectivity index (χ1n) is 11.4. The van der Waals surface area contributed by atoms with Crippen LogP contribution in [0.1, 0.15) is 59.3 Å². The van der Waals surface area contributed by atoms with Gasteiger partial charge in [0.1, 0.15) is 17.8 Å². The van der Waals surface area contributed by atoms with Gasteiger partial charge in [0, 0.05) is 23.1 Å². The summed E-state index contributed by atoms with van der Waals surface area (Å²) >= 11 is 0. The van der Waals surface area contributed by atoms with Crippen LogP contribution in [-0.4, -0.2) is 35.9 Å². The van der Waals surface area contributed by atoms with Gasteiger partial charge in [-0.3, -0.25) is 9.69 Å². The first kappa shape index (κ1) is 18.6. The summed E-state index contributed by atoms with van der Waals surface area (Å²) in [5.41, 5.74) is 5.15. The van der Waals surface area contributed by atoms with E-state index in [-0.39, 0.29) is 5.91 Å². The fourth-order valence-corrected chi connectivity index (χ4v) is 4.48. The van der Waals surface area contributed by atoms with Crippen molar-refractivity contribution in [2.75, 3.05) is 4.90 Å². The van der Waals surface area contributed by atoms with Crippen LogP contribution in [0.3, 0.4) is 0 Å². The molecular formula is C25H21N7O. The minimum Gasteiger partial charge on any atom is -0.309 e. The van der Waals surface area contributed by atoms with Crippen LogP contribution in [0, 0.1) is 0 Å². The van der Waals surface area contributed by atoms with Gasteiger partial charge in [-0.1, -0.05) is 18.2 Å². The Kier molecular flexibility index (Phi) is 3.97. The fraction of sp³-hybridized carbons (Fsp3) is 0.280. The molecule has 0 radical (unpaired) electrons. The van der Waals surface area contributed by atoms with Crippen LogP contribution in [0.4, 0.5) is 5.82 Å². The van der Waals surface area contributed by atoms with E-state index in [1.54, 1.807) is 11.2 Å². The first-order chi connectivity index (χ1) is 16.2. The molecule has 2 saturated carbocycles. The molecule has 162 valence electrons. The smallest absolute Gasteiger partial charge is 0.260 e. The Labute approximate surface area is 190 Å². The van der Waals surface area contributed by atoms with Gasteiger partial charge in [0.25, 0.3) is 5.91 Å². The molecule has 3 aliphatic rings. The maximum Gasteiger partial charge on any atom is 0.260 e. The van der Waals surface area contributed by atoms with E-state index >= 15 is 0 Å². The third-order valence-electron chi connectivity index (χ3n) is 6.64. The monoisotopic (exact) mass is 435 g/mol. The molecule has 1 amide bonds. The van der Waals surface area contributed by atoms with Crippen molar-refractivity contribution < 1.29 is 4.79 Å². The number of carbonyl (C=O) groups excluding carboxylic acids is 1. The van der Waals surface area contributed by atoms with E-state index in [4.69, 9.17) is 4.98 Å². The maximum absolute atomic E-state index is 13.3. The van der Waals surface area contributed by atoms with E-state index < -0.39 is 0 Å². The average molecular weight is 435 g/mol. The number of benzene rings is 1. The van der Waals surface area contributed by atoms with Crippen molar-refractivity contribution in [2.45, 2.75) is 44.2 Å². The topological polar surface area (TPSA) is 89.7 Å². The number of amides is 1. The molecule has 0 saturated heterocycles. The Balaban J connectivity index is 1.18. The van der Waals surface area contributed by atoms with Gasteiger partial charge in [0.05, 0.1) is 17.9 Å². The Hall–Kier alpha value is -3.94. The molecule has 4 heterocycles. The van der Waals surface area contributed by atoms with Crippen LogP contribution >= 0.6 is 0 Å². The van der Waals surface area contributed by atoms with Gasteiger partial charge in [-0.15, -0.1) is 10.2 Å². The van der Waals surface area contributed by atoms with Crippen molar-refractivity contribution in [1.82, 2.24) is 29.9 Å². The Morgan fingerprint density at radius 1 is 0.879 bits per heavy atom. The quantitative estimate of drug-likeness (QED) is 0.467. The van der Waals surface area contributed by atoms with Crippen molar-refractivity contribution >= 4 is 11.7 Å². The van der Waals surface area contributed by atoms with E-state index in [1.807, 2.05) is 42.5 Å². The summed E-state index contributed by atoms with van der Waals surface area (Å²) in [6.45, 7) is 0.493. The van der Waals surface area contributed by atoms with Crippen LogP contribution in [0.5, 0.6) is 0 Å². The van der Waals surface area contributed by atoms with Crippen LogP contribution in [0.25, 0.3) is 22.8 Å². The van der Waals surface area contributed by atoms with Crippen molar-refractivity contribution in [2.24, 2.45) is 0 Å². The molecule has 0 atom stereocenters. The lowest BCUT2D eigenvalue weighted by Crippen LogP contribution is -2.24. The summed E-state index contributed by atoms with van der Waals surface area (Å²) in [5, 5.41) is 17.1. The summed E-state index contributed by atoms with van der Waals surface area (Å²) in [4.78, 5) is 19.8. The second-order valence-corrected chi connectivity index (χ2v) is 9.05. The van der Waals surface area contributed by atoms with Crippen molar-refractivity contribution in [1.29, 1.82) is 0 Å². The normalized spacial score (nSPS) is 17.5. The molecule has 33 heavy (non-hydrogen) atoms. The third kappa shape index (κ3) is 3.21. The van der Waals surface area contributed by atoms with Gasteiger partial charge < -0.3 is 4.57 Å². The average Bonchev–Trinajstić information content (AvgIpc) is 3.80. The molecule has 0 N–H and O–H groups in total. The van der Waals surface area contributed by atoms with Crippen molar-refractivity contribution in [3.63, 3.8) is 0 Å². The summed E-state index contributed by atoms with van der Waals surface area (Å²) in [5.74, 6) is 1.89. The zero-order valence-corrected chi connectivity index (χ0v) is 17.9. The number of nitrogens with zero attached hydrogens (tertiary/aromatic N) is 7. The number of fused-ring (bicyclic) bond motifs is 1. The Morgan fingerprint density at radius 2 is 1.79 bits per heavy atom. The zero-order chi connectivity index (χ0) is 21.9.